The Bertz CT molecular complexity index is 388. The largest absolute Gasteiger partial charge is 0.399 e. The number of hydrogen-bond acceptors (Lipinski definition) is 2. The van der Waals surface area contributed by atoms with Gasteiger partial charge in [-0.25, -0.2) is 0 Å². The van der Waals surface area contributed by atoms with Crippen molar-refractivity contribution in [2.45, 2.75) is 5.92 Å². The minimum Gasteiger partial charge on any atom is -0.399 e. The lowest BCUT2D eigenvalue weighted by molar-refractivity contribution is 0.00843. The lowest BCUT2D eigenvalue weighted by Gasteiger charge is -2.26. The normalized spacial score (nSPS) is 22.9. The van der Waals surface area contributed by atoms with Crippen LogP contribution in [0.25, 0.3) is 0 Å². The molecular formula is C9H11NO. The second-order valence-electron chi connectivity index (χ2n) is 2.56. The minimum atomic E-state index is -0.155. The molecule has 0 aliphatic carbocycles. The van der Waals surface area contributed by atoms with Crippen molar-refractivity contribution < 1.29 is 10.2 Å². The van der Waals surface area contributed by atoms with Crippen LogP contribution in [0.5, 0.6) is 0 Å². The van der Waals surface area contributed by atoms with Gasteiger partial charge in [0.25, 0.3) is 0 Å². The van der Waals surface area contributed by atoms with Gasteiger partial charge in [-0.2, -0.15) is 0 Å². The highest BCUT2D eigenvalue weighted by Gasteiger charge is 2.19. The molecule has 1 aliphatic heterocycles. The van der Waals surface area contributed by atoms with E-state index < -0.39 is 0 Å². The summed E-state index contributed by atoms with van der Waals surface area (Å²) in [7, 11) is 0. The van der Waals surface area contributed by atoms with Crippen LogP contribution in [0, 0.1) is 0 Å². The fourth-order valence-corrected chi connectivity index (χ4v) is 0.938. The van der Waals surface area contributed by atoms with Crippen molar-refractivity contribution in [2.24, 2.45) is 0 Å². The van der Waals surface area contributed by atoms with Crippen LogP contribution in [0.1, 0.15) is 17.0 Å². The van der Waals surface area contributed by atoms with Gasteiger partial charge < -0.3 is 10.5 Å². The van der Waals surface area contributed by atoms with E-state index in [0.717, 1.165) is 0 Å². The third-order valence-electron chi connectivity index (χ3n) is 1.71. The van der Waals surface area contributed by atoms with Crippen LogP contribution >= 0.6 is 0 Å². The van der Waals surface area contributed by atoms with Crippen LogP contribution in [-0.4, -0.2) is 13.2 Å². The summed E-state index contributed by atoms with van der Waals surface area (Å²) in [5, 5.41) is 0. The van der Waals surface area contributed by atoms with Crippen molar-refractivity contribution in [1.29, 1.82) is 0 Å². The molecule has 2 heteroatoms. The van der Waals surface area contributed by atoms with Crippen molar-refractivity contribution in [2.75, 3.05) is 18.9 Å². The summed E-state index contributed by atoms with van der Waals surface area (Å²) in [5.41, 5.74) is 5.80. The molecule has 1 saturated heterocycles. The highest BCUT2D eigenvalue weighted by atomic mass is 16.5. The molecule has 1 heterocycles. The molecule has 2 N–H and O–H groups in total. The topological polar surface area (TPSA) is 35.2 Å². The van der Waals surface area contributed by atoms with Gasteiger partial charge in [0.1, 0.15) is 0 Å². The zero-order valence-corrected chi connectivity index (χ0v) is 5.98. The maximum Gasteiger partial charge on any atom is 0.0645 e. The van der Waals surface area contributed by atoms with E-state index in [2.05, 4.69) is 0 Å². The molecular weight excluding hydrogens is 138 g/mol. The Morgan fingerprint density at radius 1 is 1.36 bits per heavy atom. The van der Waals surface area contributed by atoms with E-state index in [-0.39, 0.29) is 35.8 Å². The van der Waals surface area contributed by atoms with Gasteiger partial charge >= 0.3 is 0 Å². The van der Waals surface area contributed by atoms with Gasteiger partial charge in [-0.15, -0.1) is 0 Å². The van der Waals surface area contributed by atoms with E-state index in [1.54, 1.807) is 0 Å². The molecule has 1 fully saturated rings. The molecule has 2 rings (SSSR count). The van der Waals surface area contributed by atoms with Crippen LogP contribution in [0.2, 0.25) is 0 Å². The van der Waals surface area contributed by atoms with Gasteiger partial charge in [-0.1, -0.05) is 12.1 Å². The molecule has 2 nitrogen and oxygen atoms in total. The maximum atomic E-state index is 7.71. The monoisotopic (exact) mass is 153 g/mol. The Balaban J connectivity index is 2.62. The Labute approximate surface area is 71.6 Å². The van der Waals surface area contributed by atoms with Gasteiger partial charge in [0.2, 0.25) is 0 Å². The molecule has 0 atom stereocenters. The zero-order chi connectivity index (χ0) is 11.2. The van der Waals surface area contributed by atoms with Crippen LogP contribution in [0.15, 0.2) is 24.2 Å². The quantitative estimate of drug-likeness (QED) is 0.619. The summed E-state index contributed by atoms with van der Waals surface area (Å²) < 4.78 is 35.5. The summed E-state index contributed by atoms with van der Waals surface area (Å²) in [6.07, 6.45) is 0. The fraction of sp³-hybridized carbons (Fsp3) is 0.333. The lowest BCUT2D eigenvalue weighted by Crippen LogP contribution is -2.24. The highest BCUT2D eigenvalue weighted by molar-refractivity contribution is 5.40. The molecule has 1 aromatic carbocycles. The van der Waals surface area contributed by atoms with Gasteiger partial charge in [0.15, 0.2) is 0 Å². The second kappa shape index (κ2) is 2.55. The zero-order valence-electron chi connectivity index (χ0n) is 9.98. The maximum absolute atomic E-state index is 7.71. The minimum absolute atomic E-state index is 0.0289. The van der Waals surface area contributed by atoms with Crippen molar-refractivity contribution in [3.63, 3.8) is 0 Å². The average molecular weight is 153 g/mol. The molecule has 58 valence electrons. The van der Waals surface area contributed by atoms with Gasteiger partial charge in [-0.3, -0.25) is 0 Å². The first-order valence-electron chi connectivity index (χ1n) is 5.47. The standard InChI is InChI=1S/C9H11NO/c10-9-3-1-7(2-4-9)8-5-11-6-8/h1-4,8H,5-6,10H2/i1D,2D,3D,4D. The smallest absolute Gasteiger partial charge is 0.0645 e. The Morgan fingerprint density at radius 3 is 2.45 bits per heavy atom. The molecule has 0 radical (unpaired) electrons. The highest BCUT2D eigenvalue weighted by Crippen LogP contribution is 2.24. The van der Waals surface area contributed by atoms with E-state index in [9.17, 15) is 0 Å². The first-order valence-corrected chi connectivity index (χ1v) is 3.47. The Morgan fingerprint density at radius 2 is 2.00 bits per heavy atom. The van der Waals surface area contributed by atoms with Crippen molar-refractivity contribution in [3.8, 4) is 0 Å². The second-order valence-corrected chi connectivity index (χ2v) is 2.56. The van der Waals surface area contributed by atoms with Crippen LogP contribution in [0.3, 0.4) is 0 Å². The number of nitrogens with two attached hydrogens (primary N) is 1. The molecule has 0 unspecified atom stereocenters. The molecule has 0 amide bonds. The summed E-state index contributed by atoms with van der Waals surface area (Å²) in [5.74, 6) is -0.0289. The number of anilines is 1. The molecule has 0 bridgehead atoms. The summed E-state index contributed by atoms with van der Waals surface area (Å²) in [6, 6.07) is -0.389. The first-order chi connectivity index (χ1) is 7.04. The summed E-state index contributed by atoms with van der Waals surface area (Å²) in [6.45, 7) is 0.918. The van der Waals surface area contributed by atoms with E-state index >= 15 is 0 Å². The number of hydrogen-bond donors (Lipinski definition) is 1. The Kier molecular flexibility index (Phi) is 0.831. The molecule has 0 saturated carbocycles. The number of nitrogen functional groups attached to an aromatic ring is 1. The molecule has 1 aromatic rings. The first kappa shape index (κ1) is 3.59. The predicted octanol–water partition coefficient (Wildman–Crippen LogP) is 1.38. The molecule has 0 spiro atoms. The van der Waals surface area contributed by atoms with Crippen molar-refractivity contribution in [3.05, 3.63) is 29.7 Å². The van der Waals surface area contributed by atoms with E-state index in [0.29, 0.717) is 18.8 Å². The van der Waals surface area contributed by atoms with Gasteiger partial charge in [-0.05, 0) is 17.6 Å². The van der Waals surface area contributed by atoms with E-state index in [1.165, 1.54) is 0 Å². The van der Waals surface area contributed by atoms with Crippen LogP contribution in [-0.2, 0) is 4.74 Å². The summed E-state index contributed by atoms with van der Waals surface area (Å²) in [4.78, 5) is 0. The number of benzene rings is 1. The molecule has 0 aromatic heterocycles. The average Bonchev–Trinajstić information content (AvgIpc) is 2.15. The van der Waals surface area contributed by atoms with Gasteiger partial charge in [0.05, 0.1) is 18.7 Å². The fourth-order valence-electron chi connectivity index (χ4n) is 0.938. The molecule has 1 aliphatic rings. The van der Waals surface area contributed by atoms with Crippen molar-refractivity contribution >= 4 is 5.69 Å². The van der Waals surface area contributed by atoms with Gasteiger partial charge in [0, 0.05) is 11.6 Å². The van der Waals surface area contributed by atoms with Crippen LogP contribution < -0.4 is 5.73 Å². The third-order valence-corrected chi connectivity index (χ3v) is 1.71. The van der Waals surface area contributed by atoms with E-state index in [1.807, 2.05) is 0 Å². The third kappa shape index (κ3) is 1.21. The van der Waals surface area contributed by atoms with E-state index in [4.69, 9.17) is 16.0 Å². The van der Waals surface area contributed by atoms with Crippen LogP contribution in [0.4, 0.5) is 5.69 Å². The Hall–Kier alpha value is -1.02. The number of ether oxygens (including phenoxy) is 1. The summed E-state index contributed by atoms with van der Waals surface area (Å²) >= 11 is 0. The lowest BCUT2D eigenvalue weighted by atomic mass is 9.98. The SMILES string of the molecule is [2H]c1c([2H])c(C2COC2)c([2H])c([2H])c1N. The van der Waals surface area contributed by atoms with Crippen molar-refractivity contribution in [1.82, 2.24) is 0 Å². The molecule has 11 heavy (non-hydrogen) atoms. The number of rotatable bonds is 1. The predicted molar refractivity (Wildman–Crippen MR) is 44.4 cm³/mol.